The number of pyridine rings is 1. The van der Waals surface area contributed by atoms with E-state index < -0.39 is 0 Å². The molecule has 7 heteroatoms. The summed E-state index contributed by atoms with van der Waals surface area (Å²) < 4.78 is 7.05. The van der Waals surface area contributed by atoms with Crippen LogP contribution in [0.4, 0.5) is 5.69 Å². The molecule has 1 N–H and O–H groups in total. The van der Waals surface area contributed by atoms with E-state index in [0.29, 0.717) is 11.4 Å². The number of carbonyl (C=O) groups excluding carboxylic acids is 1. The lowest BCUT2D eigenvalue weighted by atomic mass is 9.97. The van der Waals surface area contributed by atoms with Gasteiger partial charge in [0.05, 0.1) is 7.11 Å². The second-order valence-electron chi connectivity index (χ2n) is 6.12. The molecule has 2 heterocycles. The average Bonchev–Trinajstić information content (AvgIpc) is 3.06. The minimum atomic E-state index is -0.276. The zero-order chi connectivity index (χ0) is 18.5. The number of methoxy groups -OCH3 is 1. The topological polar surface area (TPSA) is 81.9 Å². The lowest BCUT2D eigenvalue weighted by Gasteiger charge is -2.13. The Morgan fingerprint density at radius 2 is 2.15 bits per heavy atom. The molecule has 1 aromatic carbocycles. The van der Waals surface area contributed by atoms with Crippen LogP contribution in [0.3, 0.4) is 0 Å². The van der Waals surface area contributed by atoms with Crippen LogP contribution in [0, 0.1) is 0 Å². The molecule has 0 radical (unpaired) electrons. The summed E-state index contributed by atoms with van der Waals surface area (Å²) in [7, 11) is 3.48. The number of hydrogen-bond acceptors (Lipinski definition) is 5. The van der Waals surface area contributed by atoms with Gasteiger partial charge >= 0.3 is 0 Å². The molecule has 0 saturated heterocycles. The largest absolute Gasteiger partial charge is 0.497 e. The number of aryl methyl sites for hydroxylation is 1. The Morgan fingerprint density at radius 1 is 1.31 bits per heavy atom. The number of ether oxygens (including phenoxy) is 1. The molecule has 0 saturated carbocycles. The first-order valence-electron chi connectivity index (χ1n) is 8.31. The van der Waals surface area contributed by atoms with Gasteiger partial charge in [0.15, 0.2) is 0 Å². The predicted molar refractivity (Wildman–Crippen MR) is 98.3 cm³/mol. The number of rotatable bonds is 6. The van der Waals surface area contributed by atoms with Crippen molar-refractivity contribution in [3.63, 3.8) is 0 Å². The van der Waals surface area contributed by atoms with Crippen LogP contribution in [-0.2, 0) is 13.5 Å². The lowest BCUT2D eigenvalue weighted by Crippen LogP contribution is -2.14. The number of amides is 1. The molecular formula is C19H21N5O2. The van der Waals surface area contributed by atoms with E-state index in [9.17, 15) is 4.79 Å². The highest BCUT2D eigenvalue weighted by Crippen LogP contribution is 2.23. The first-order valence-corrected chi connectivity index (χ1v) is 8.31. The third-order valence-electron chi connectivity index (χ3n) is 4.21. The Labute approximate surface area is 152 Å². The number of aromatic nitrogens is 4. The van der Waals surface area contributed by atoms with Gasteiger partial charge in [0.25, 0.3) is 5.91 Å². The van der Waals surface area contributed by atoms with E-state index in [4.69, 9.17) is 4.74 Å². The predicted octanol–water partition coefficient (Wildman–Crippen LogP) is 2.82. The van der Waals surface area contributed by atoms with Crippen LogP contribution in [0.25, 0.3) is 0 Å². The van der Waals surface area contributed by atoms with E-state index in [2.05, 4.69) is 27.4 Å². The van der Waals surface area contributed by atoms with Crippen molar-refractivity contribution in [1.82, 2.24) is 19.7 Å². The van der Waals surface area contributed by atoms with Gasteiger partial charge < -0.3 is 14.6 Å². The van der Waals surface area contributed by atoms with Crippen molar-refractivity contribution in [1.29, 1.82) is 0 Å². The van der Waals surface area contributed by atoms with Gasteiger partial charge in [0, 0.05) is 31.4 Å². The molecule has 0 aliphatic heterocycles. The quantitative estimate of drug-likeness (QED) is 0.738. The maximum absolute atomic E-state index is 12.4. The van der Waals surface area contributed by atoms with Gasteiger partial charge in [0.2, 0.25) is 0 Å². The summed E-state index contributed by atoms with van der Waals surface area (Å²) >= 11 is 0. The molecule has 134 valence electrons. The maximum atomic E-state index is 12.4. The van der Waals surface area contributed by atoms with Gasteiger partial charge in [-0.25, -0.2) is 0 Å². The van der Waals surface area contributed by atoms with E-state index in [0.717, 1.165) is 23.5 Å². The number of nitrogens with zero attached hydrogens (tertiary/aromatic N) is 4. The van der Waals surface area contributed by atoms with Crippen LogP contribution in [0.2, 0.25) is 0 Å². The number of benzene rings is 1. The van der Waals surface area contributed by atoms with Crippen molar-refractivity contribution in [2.24, 2.45) is 7.05 Å². The Kier molecular flexibility index (Phi) is 5.26. The van der Waals surface area contributed by atoms with Gasteiger partial charge in [-0.2, -0.15) is 0 Å². The zero-order valence-electron chi connectivity index (χ0n) is 15.0. The van der Waals surface area contributed by atoms with E-state index in [1.165, 1.54) is 0 Å². The summed E-state index contributed by atoms with van der Waals surface area (Å²) in [5.41, 5.74) is 2.15. The molecule has 0 spiro atoms. The highest BCUT2D eigenvalue weighted by molar-refractivity contribution is 6.03. The SMILES string of the molecule is COc1ccnc(C(=O)Nc2cccc([C@H](C)Cc3nncn3C)c2)c1. The highest BCUT2D eigenvalue weighted by Gasteiger charge is 2.13. The van der Waals surface area contributed by atoms with Crippen molar-refractivity contribution >= 4 is 11.6 Å². The minimum Gasteiger partial charge on any atom is -0.497 e. The molecule has 0 unspecified atom stereocenters. The molecule has 0 fully saturated rings. The highest BCUT2D eigenvalue weighted by atomic mass is 16.5. The fourth-order valence-electron chi connectivity index (χ4n) is 2.66. The fourth-order valence-corrected chi connectivity index (χ4v) is 2.66. The second kappa shape index (κ2) is 7.77. The summed E-state index contributed by atoms with van der Waals surface area (Å²) in [6.45, 7) is 2.12. The van der Waals surface area contributed by atoms with Gasteiger partial charge in [-0.15, -0.1) is 10.2 Å². The van der Waals surface area contributed by atoms with Crippen LogP contribution in [-0.4, -0.2) is 32.8 Å². The number of nitrogens with one attached hydrogen (secondary N) is 1. The van der Waals surface area contributed by atoms with Crippen LogP contribution in [0.5, 0.6) is 5.75 Å². The molecule has 0 bridgehead atoms. The summed E-state index contributed by atoms with van der Waals surface area (Å²) in [5.74, 6) is 1.48. The molecule has 3 rings (SSSR count). The second-order valence-corrected chi connectivity index (χ2v) is 6.12. The van der Waals surface area contributed by atoms with Crippen molar-refractivity contribution in [2.45, 2.75) is 19.3 Å². The van der Waals surface area contributed by atoms with E-state index in [1.807, 2.05) is 35.9 Å². The molecule has 2 aromatic heterocycles. The monoisotopic (exact) mass is 351 g/mol. The summed E-state index contributed by atoms with van der Waals surface area (Å²) in [6.07, 6.45) is 4.01. The Hall–Kier alpha value is -3.22. The normalized spacial score (nSPS) is 11.8. The summed E-state index contributed by atoms with van der Waals surface area (Å²) in [6, 6.07) is 11.1. The van der Waals surface area contributed by atoms with Crippen LogP contribution >= 0.6 is 0 Å². The Morgan fingerprint density at radius 3 is 2.88 bits per heavy atom. The molecule has 0 aliphatic carbocycles. The van der Waals surface area contributed by atoms with Crippen molar-refractivity contribution in [3.05, 3.63) is 66.0 Å². The lowest BCUT2D eigenvalue weighted by molar-refractivity contribution is 0.102. The summed E-state index contributed by atoms with van der Waals surface area (Å²) in [5, 5.41) is 10.9. The fraction of sp³-hybridized carbons (Fsp3) is 0.263. The minimum absolute atomic E-state index is 0.240. The summed E-state index contributed by atoms with van der Waals surface area (Å²) in [4.78, 5) is 16.5. The molecular weight excluding hydrogens is 330 g/mol. The number of carbonyl (C=O) groups is 1. The van der Waals surface area contributed by atoms with Gasteiger partial charge in [-0.3, -0.25) is 9.78 Å². The van der Waals surface area contributed by atoms with Crippen molar-refractivity contribution in [3.8, 4) is 5.75 Å². The van der Waals surface area contributed by atoms with Crippen molar-refractivity contribution in [2.75, 3.05) is 12.4 Å². The molecule has 26 heavy (non-hydrogen) atoms. The molecule has 0 aliphatic rings. The maximum Gasteiger partial charge on any atom is 0.274 e. The molecule has 7 nitrogen and oxygen atoms in total. The standard InChI is InChI=1S/C19H21N5O2/c1-13(9-18-23-21-12-24(18)2)14-5-4-6-15(10-14)22-19(25)17-11-16(26-3)7-8-20-17/h4-8,10-13H,9H2,1-3H3,(H,22,25)/t13-/m1/s1. The first-order chi connectivity index (χ1) is 12.6. The van der Waals surface area contributed by atoms with E-state index >= 15 is 0 Å². The Balaban J connectivity index is 1.72. The first kappa shape index (κ1) is 17.6. The third kappa shape index (κ3) is 4.05. The third-order valence-corrected chi connectivity index (χ3v) is 4.21. The van der Waals surface area contributed by atoms with Crippen molar-refractivity contribution < 1.29 is 9.53 Å². The molecule has 1 atom stereocenters. The van der Waals surface area contributed by atoms with Gasteiger partial charge in [-0.1, -0.05) is 19.1 Å². The van der Waals surface area contributed by atoms with Gasteiger partial charge in [0.1, 0.15) is 23.6 Å². The average molecular weight is 351 g/mol. The van der Waals surface area contributed by atoms with Crippen LogP contribution < -0.4 is 10.1 Å². The van der Waals surface area contributed by atoms with Gasteiger partial charge in [-0.05, 0) is 29.7 Å². The van der Waals surface area contributed by atoms with Crippen LogP contribution in [0.15, 0.2) is 48.9 Å². The molecule has 1 amide bonds. The number of hydrogen-bond donors (Lipinski definition) is 1. The van der Waals surface area contributed by atoms with Crippen LogP contribution in [0.1, 0.15) is 34.7 Å². The molecule has 3 aromatic rings. The number of anilines is 1. The Bertz CT molecular complexity index is 906. The van der Waals surface area contributed by atoms with E-state index in [-0.39, 0.29) is 11.8 Å². The van der Waals surface area contributed by atoms with E-state index in [1.54, 1.807) is 31.8 Å². The smallest absolute Gasteiger partial charge is 0.274 e. The zero-order valence-corrected chi connectivity index (χ0v) is 15.0.